The molecule has 3 N–H and O–H groups in total. The smallest absolute Gasteiger partial charge is 0.225 e. The van der Waals surface area contributed by atoms with Gasteiger partial charge in [0.25, 0.3) is 0 Å². The molecule has 1 aliphatic rings. The van der Waals surface area contributed by atoms with Crippen molar-refractivity contribution in [3.8, 4) is 0 Å². The maximum absolute atomic E-state index is 13.5. The van der Waals surface area contributed by atoms with Gasteiger partial charge in [-0.05, 0) is 24.5 Å². The van der Waals surface area contributed by atoms with Gasteiger partial charge in [-0.15, -0.1) is 0 Å². The van der Waals surface area contributed by atoms with E-state index in [2.05, 4.69) is 5.32 Å². The van der Waals surface area contributed by atoms with E-state index in [-0.39, 0.29) is 18.1 Å². The Labute approximate surface area is 117 Å². The van der Waals surface area contributed by atoms with E-state index >= 15 is 0 Å². The number of benzene rings is 1. The van der Waals surface area contributed by atoms with Crippen molar-refractivity contribution in [3.63, 3.8) is 0 Å². The Morgan fingerprint density at radius 2 is 2.00 bits per heavy atom. The van der Waals surface area contributed by atoms with Gasteiger partial charge in [0.2, 0.25) is 5.91 Å². The molecule has 0 radical (unpaired) electrons. The Bertz CT molecular complexity index is 498. The number of hydrogen-bond donors (Lipinski definition) is 2. The summed E-state index contributed by atoms with van der Waals surface area (Å²) < 4.78 is 13.5. The van der Waals surface area contributed by atoms with Crippen molar-refractivity contribution < 1.29 is 9.18 Å². The Morgan fingerprint density at radius 3 is 2.58 bits per heavy atom. The normalized spacial score (nSPS) is 17.1. The Hall–Kier alpha value is -1.49. The predicted octanol–water partition coefficient (Wildman–Crippen LogP) is 2.08. The molecular formula is C14H17FN2OS. The summed E-state index contributed by atoms with van der Waals surface area (Å²) >= 11 is 5.07. The molecular weight excluding hydrogens is 263 g/mol. The van der Waals surface area contributed by atoms with Gasteiger partial charge >= 0.3 is 0 Å². The van der Waals surface area contributed by atoms with Crippen LogP contribution in [-0.2, 0) is 11.2 Å². The van der Waals surface area contributed by atoms with Crippen molar-refractivity contribution >= 4 is 23.1 Å². The van der Waals surface area contributed by atoms with E-state index in [1.165, 1.54) is 6.07 Å². The standard InChI is InChI=1S/C14H17FN2OS/c15-11-6-2-1-5-10(11)9-12(18)17-14(13(16)19)7-3-4-8-14/h1-2,5-6H,3-4,7-9H2,(H2,16,19)(H,17,18). The van der Waals surface area contributed by atoms with Crippen LogP contribution in [-0.4, -0.2) is 16.4 Å². The second kappa shape index (κ2) is 5.65. The van der Waals surface area contributed by atoms with Crippen molar-refractivity contribution in [2.24, 2.45) is 5.73 Å². The second-order valence-electron chi connectivity index (χ2n) is 4.97. The molecule has 0 heterocycles. The van der Waals surface area contributed by atoms with Gasteiger partial charge in [-0.2, -0.15) is 0 Å². The van der Waals surface area contributed by atoms with E-state index in [4.69, 9.17) is 18.0 Å². The molecule has 0 aromatic heterocycles. The number of thiocarbonyl (C=S) groups is 1. The predicted molar refractivity (Wildman–Crippen MR) is 76.2 cm³/mol. The Morgan fingerprint density at radius 1 is 1.37 bits per heavy atom. The van der Waals surface area contributed by atoms with Gasteiger partial charge in [0.15, 0.2) is 0 Å². The summed E-state index contributed by atoms with van der Waals surface area (Å²) in [4.78, 5) is 12.4. The van der Waals surface area contributed by atoms with Gasteiger partial charge in [-0.25, -0.2) is 4.39 Å². The van der Waals surface area contributed by atoms with Crippen molar-refractivity contribution in [2.75, 3.05) is 0 Å². The number of halogens is 1. The van der Waals surface area contributed by atoms with Gasteiger partial charge in [-0.3, -0.25) is 4.79 Å². The summed E-state index contributed by atoms with van der Waals surface area (Å²) in [6.07, 6.45) is 3.54. The molecule has 0 spiro atoms. The molecule has 1 aliphatic carbocycles. The first-order chi connectivity index (χ1) is 9.03. The highest BCUT2D eigenvalue weighted by Gasteiger charge is 2.38. The van der Waals surface area contributed by atoms with Crippen molar-refractivity contribution in [2.45, 2.75) is 37.6 Å². The first-order valence-corrected chi connectivity index (χ1v) is 6.79. The number of rotatable bonds is 4. The van der Waals surface area contributed by atoms with Crippen molar-refractivity contribution in [3.05, 3.63) is 35.6 Å². The molecule has 5 heteroatoms. The molecule has 1 fully saturated rings. The molecule has 19 heavy (non-hydrogen) atoms. The molecule has 1 amide bonds. The maximum atomic E-state index is 13.5. The van der Waals surface area contributed by atoms with Gasteiger partial charge in [-0.1, -0.05) is 43.3 Å². The third-order valence-corrected chi connectivity index (χ3v) is 4.01. The highest BCUT2D eigenvalue weighted by molar-refractivity contribution is 7.80. The summed E-state index contributed by atoms with van der Waals surface area (Å²) in [5.41, 5.74) is 5.56. The number of nitrogens with one attached hydrogen (secondary N) is 1. The van der Waals surface area contributed by atoms with Crippen LogP contribution in [0.25, 0.3) is 0 Å². The fourth-order valence-electron chi connectivity index (χ4n) is 2.54. The van der Waals surface area contributed by atoms with Crippen LogP contribution >= 0.6 is 12.2 Å². The topological polar surface area (TPSA) is 55.1 Å². The summed E-state index contributed by atoms with van der Waals surface area (Å²) in [5, 5.41) is 2.90. The fourth-order valence-corrected chi connectivity index (χ4v) is 2.79. The average Bonchev–Trinajstić information content (AvgIpc) is 2.82. The van der Waals surface area contributed by atoms with E-state index in [1.54, 1.807) is 18.2 Å². The molecule has 0 unspecified atom stereocenters. The van der Waals surface area contributed by atoms with Crippen LogP contribution < -0.4 is 11.1 Å². The van der Waals surface area contributed by atoms with Crippen LogP contribution in [0.3, 0.4) is 0 Å². The lowest BCUT2D eigenvalue weighted by atomic mass is 9.97. The number of amides is 1. The number of carbonyl (C=O) groups is 1. The summed E-state index contributed by atoms with van der Waals surface area (Å²) in [6, 6.07) is 6.27. The molecule has 1 aromatic carbocycles. The zero-order valence-corrected chi connectivity index (χ0v) is 11.4. The lowest BCUT2D eigenvalue weighted by Crippen LogP contribution is -2.55. The van der Waals surface area contributed by atoms with Crippen molar-refractivity contribution in [1.29, 1.82) is 0 Å². The molecule has 102 valence electrons. The van der Waals surface area contributed by atoms with Gasteiger partial charge < -0.3 is 11.1 Å². The van der Waals surface area contributed by atoms with Gasteiger partial charge in [0.1, 0.15) is 5.82 Å². The summed E-state index contributed by atoms with van der Waals surface area (Å²) in [5.74, 6) is -0.603. The lowest BCUT2D eigenvalue weighted by Gasteiger charge is -2.29. The fraction of sp³-hybridized carbons (Fsp3) is 0.429. The SMILES string of the molecule is NC(=S)C1(NC(=O)Cc2ccccc2F)CCCC1. The number of nitrogens with two attached hydrogens (primary N) is 1. The molecule has 1 aromatic rings. The first-order valence-electron chi connectivity index (χ1n) is 6.38. The van der Waals surface area contributed by atoms with Gasteiger partial charge in [0, 0.05) is 0 Å². The van der Waals surface area contributed by atoms with E-state index in [0.29, 0.717) is 10.6 Å². The molecule has 2 rings (SSSR count). The first kappa shape index (κ1) is 13.9. The van der Waals surface area contributed by atoms with E-state index in [0.717, 1.165) is 25.7 Å². The zero-order chi connectivity index (χ0) is 13.9. The van der Waals surface area contributed by atoms with Crippen molar-refractivity contribution in [1.82, 2.24) is 5.32 Å². The molecule has 0 saturated heterocycles. The molecule has 0 bridgehead atoms. The molecule has 3 nitrogen and oxygen atoms in total. The number of carbonyl (C=O) groups excluding carboxylic acids is 1. The van der Waals surface area contributed by atoms with Crippen LogP contribution in [0.4, 0.5) is 4.39 Å². The van der Waals surface area contributed by atoms with E-state index in [1.807, 2.05) is 0 Å². The van der Waals surface area contributed by atoms with Crippen LogP contribution in [0.5, 0.6) is 0 Å². The van der Waals surface area contributed by atoms with Crippen LogP contribution in [0.2, 0.25) is 0 Å². The van der Waals surface area contributed by atoms with Crippen LogP contribution in [0.1, 0.15) is 31.2 Å². The van der Waals surface area contributed by atoms with Crippen LogP contribution in [0, 0.1) is 5.82 Å². The minimum atomic E-state index is -0.572. The van der Waals surface area contributed by atoms with E-state index in [9.17, 15) is 9.18 Å². The van der Waals surface area contributed by atoms with Gasteiger partial charge in [0.05, 0.1) is 16.9 Å². The summed E-state index contributed by atoms with van der Waals surface area (Å²) in [6.45, 7) is 0. The highest BCUT2D eigenvalue weighted by Crippen LogP contribution is 2.30. The largest absolute Gasteiger partial charge is 0.391 e. The highest BCUT2D eigenvalue weighted by atomic mass is 32.1. The molecule has 1 saturated carbocycles. The quantitative estimate of drug-likeness (QED) is 0.830. The third kappa shape index (κ3) is 3.10. The minimum absolute atomic E-state index is 0.0109. The average molecular weight is 280 g/mol. The molecule has 0 aliphatic heterocycles. The lowest BCUT2D eigenvalue weighted by molar-refractivity contribution is -0.121. The molecule has 0 atom stereocenters. The monoisotopic (exact) mass is 280 g/mol. The van der Waals surface area contributed by atoms with E-state index < -0.39 is 5.54 Å². The Kier molecular flexibility index (Phi) is 4.14. The maximum Gasteiger partial charge on any atom is 0.225 e. The zero-order valence-electron chi connectivity index (χ0n) is 10.6. The summed E-state index contributed by atoms with van der Waals surface area (Å²) in [7, 11) is 0. The van der Waals surface area contributed by atoms with Crippen LogP contribution in [0.15, 0.2) is 24.3 Å². The minimum Gasteiger partial charge on any atom is -0.391 e. The third-order valence-electron chi connectivity index (χ3n) is 3.62. The number of hydrogen-bond acceptors (Lipinski definition) is 2. The Balaban J connectivity index is 2.05. The second-order valence-corrected chi connectivity index (χ2v) is 5.41.